The third-order valence-corrected chi connectivity index (χ3v) is 5.75. The number of rotatable bonds is 9. The average Bonchev–Trinajstić information content (AvgIpc) is 2.65. The van der Waals surface area contributed by atoms with Gasteiger partial charge >= 0.3 is 0 Å². The van der Waals surface area contributed by atoms with Crippen LogP contribution < -0.4 is 4.83 Å². The van der Waals surface area contributed by atoms with Crippen LogP contribution in [-0.2, 0) is 19.5 Å². The van der Waals surface area contributed by atoms with Crippen molar-refractivity contribution < 1.29 is 17.9 Å². The van der Waals surface area contributed by atoms with Crippen LogP contribution in [0.4, 0.5) is 0 Å². The van der Waals surface area contributed by atoms with Crippen molar-refractivity contribution >= 4 is 10.0 Å². The van der Waals surface area contributed by atoms with Crippen molar-refractivity contribution in [2.24, 2.45) is 0 Å². The van der Waals surface area contributed by atoms with Gasteiger partial charge in [-0.05, 0) is 31.0 Å². The van der Waals surface area contributed by atoms with E-state index in [0.29, 0.717) is 5.56 Å². The van der Waals surface area contributed by atoms with E-state index in [9.17, 15) is 8.42 Å². The number of hydrogen-bond donors (Lipinski definition) is 1. The van der Waals surface area contributed by atoms with Gasteiger partial charge in [-0.3, -0.25) is 0 Å². The molecule has 0 fully saturated rings. The van der Waals surface area contributed by atoms with Crippen molar-refractivity contribution in [3.63, 3.8) is 0 Å². The standard InChI is InChI=1S/C19H26N2O4S/c1-15-10-8-9-13-18(15)26(22,23)20-21(14-19(24-3)25-4)16(2)17-11-6-5-7-12-17/h5-13,16,19-20H,14H2,1-4H3. The Balaban J connectivity index is 2.33. The van der Waals surface area contributed by atoms with Crippen LogP contribution in [0.2, 0.25) is 0 Å². The number of hydrogen-bond acceptors (Lipinski definition) is 5. The molecule has 2 rings (SSSR count). The minimum absolute atomic E-state index is 0.220. The molecule has 0 radical (unpaired) electrons. The van der Waals surface area contributed by atoms with Crippen LogP contribution in [0, 0.1) is 6.92 Å². The van der Waals surface area contributed by atoms with Gasteiger partial charge in [0.15, 0.2) is 6.29 Å². The molecule has 0 aliphatic rings. The topological polar surface area (TPSA) is 67.9 Å². The summed E-state index contributed by atoms with van der Waals surface area (Å²) in [5.41, 5.74) is 1.66. The molecule has 0 aliphatic heterocycles. The minimum Gasteiger partial charge on any atom is -0.354 e. The van der Waals surface area contributed by atoms with Crippen molar-refractivity contribution in [2.45, 2.75) is 31.1 Å². The number of ether oxygens (including phenoxy) is 2. The van der Waals surface area contributed by atoms with E-state index < -0.39 is 16.3 Å². The molecule has 0 saturated heterocycles. The monoisotopic (exact) mass is 378 g/mol. The van der Waals surface area contributed by atoms with Gasteiger partial charge in [0.05, 0.1) is 11.4 Å². The largest absolute Gasteiger partial charge is 0.354 e. The first kappa shape index (κ1) is 20.5. The minimum atomic E-state index is -3.74. The number of nitrogens with zero attached hydrogens (tertiary/aromatic N) is 1. The molecule has 0 amide bonds. The summed E-state index contributed by atoms with van der Waals surface area (Å²) in [4.78, 5) is 2.94. The fraction of sp³-hybridized carbons (Fsp3) is 0.368. The van der Waals surface area contributed by atoms with Crippen molar-refractivity contribution in [1.82, 2.24) is 9.84 Å². The van der Waals surface area contributed by atoms with E-state index >= 15 is 0 Å². The van der Waals surface area contributed by atoms with Crippen molar-refractivity contribution in [2.75, 3.05) is 20.8 Å². The zero-order valence-electron chi connectivity index (χ0n) is 15.5. The molecule has 26 heavy (non-hydrogen) atoms. The highest BCUT2D eigenvalue weighted by molar-refractivity contribution is 7.89. The lowest BCUT2D eigenvalue weighted by Gasteiger charge is -2.31. The maximum absolute atomic E-state index is 12.9. The van der Waals surface area contributed by atoms with Gasteiger partial charge in [0.2, 0.25) is 0 Å². The summed E-state index contributed by atoms with van der Waals surface area (Å²) in [6, 6.07) is 16.3. The van der Waals surface area contributed by atoms with Crippen molar-refractivity contribution in [1.29, 1.82) is 0 Å². The summed E-state index contributed by atoms with van der Waals surface area (Å²) in [7, 11) is -0.694. The summed E-state index contributed by atoms with van der Waals surface area (Å²) in [5, 5.41) is 1.62. The predicted molar refractivity (Wildman–Crippen MR) is 101 cm³/mol. The molecule has 142 valence electrons. The summed E-state index contributed by atoms with van der Waals surface area (Å²) in [6.45, 7) is 3.93. The summed E-state index contributed by atoms with van der Waals surface area (Å²) in [5.74, 6) is 0. The highest BCUT2D eigenvalue weighted by Gasteiger charge is 2.26. The van der Waals surface area contributed by atoms with Crippen LogP contribution in [0.15, 0.2) is 59.5 Å². The molecule has 1 atom stereocenters. The normalized spacial score (nSPS) is 13.3. The van der Waals surface area contributed by atoms with Gasteiger partial charge in [0, 0.05) is 20.3 Å². The average molecular weight is 378 g/mol. The smallest absolute Gasteiger partial charge is 0.253 e. The molecule has 0 aromatic heterocycles. The third-order valence-electron chi connectivity index (χ3n) is 4.24. The van der Waals surface area contributed by atoms with E-state index in [0.717, 1.165) is 5.56 Å². The fourth-order valence-corrected chi connectivity index (χ4v) is 4.04. The SMILES string of the molecule is COC(CN(NS(=O)(=O)c1ccccc1C)C(C)c1ccccc1)OC. The van der Waals surface area contributed by atoms with Gasteiger partial charge in [0.1, 0.15) is 0 Å². The van der Waals surface area contributed by atoms with E-state index in [2.05, 4.69) is 4.83 Å². The second-order valence-corrected chi connectivity index (χ2v) is 7.63. The quantitative estimate of drug-likeness (QED) is 0.537. The number of benzene rings is 2. The lowest BCUT2D eigenvalue weighted by Crippen LogP contribution is -2.48. The third kappa shape index (κ3) is 5.12. The molecule has 2 aromatic carbocycles. The van der Waals surface area contributed by atoms with E-state index in [-0.39, 0.29) is 17.5 Å². The number of sulfonamides is 1. The zero-order chi connectivity index (χ0) is 19.2. The summed E-state index contributed by atoms with van der Waals surface area (Å²) < 4.78 is 36.4. The highest BCUT2D eigenvalue weighted by atomic mass is 32.2. The van der Waals surface area contributed by atoms with Crippen LogP contribution in [-0.4, -0.2) is 40.5 Å². The van der Waals surface area contributed by atoms with E-state index in [1.807, 2.05) is 43.3 Å². The molecule has 0 bridgehead atoms. The Bertz CT molecular complexity index is 792. The van der Waals surface area contributed by atoms with E-state index in [1.165, 1.54) is 14.2 Å². The zero-order valence-corrected chi connectivity index (χ0v) is 16.4. The molecule has 6 nitrogen and oxygen atoms in total. The van der Waals surface area contributed by atoms with Gasteiger partial charge in [-0.1, -0.05) is 48.5 Å². The molecule has 0 aliphatic carbocycles. The molecule has 1 N–H and O–H groups in total. The van der Waals surface area contributed by atoms with E-state index in [4.69, 9.17) is 9.47 Å². The second-order valence-electron chi connectivity index (χ2n) is 6.00. The van der Waals surface area contributed by atoms with Crippen LogP contribution in [0.1, 0.15) is 24.1 Å². The first-order valence-electron chi connectivity index (χ1n) is 8.34. The Morgan fingerprint density at radius 1 is 1.00 bits per heavy atom. The molecule has 0 spiro atoms. The first-order chi connectivity index (χ1) is 12.4. The van der Waals surface area contributed by atoms with Crippen LogP contribution in [0.3, 0.4) is 0 Å². The van der Waals surface area contributed by atoms with Crippen LogP contribution in [0.5, 0.6) is 0 Å². The number of methoxy groups -OCH3 is 2. The molecule has 0 saturated carbocycles. The van der Waals surface area contributed by atoms with Crippen molar-refractivity contribution in [3.8, 4) is 0 Å². The molecule has 7 heteroatoms. The Labute approximate surface area is 155 Å². The molecule has 2 aromatic rings. The summed E-state index contributed by atoms with van der Waals surface area (Å²) in [6.07, 6.45) is -0.569. The Kier molecular flexibility index (Phi) is 7.31. The maximum atomic E-state index is 12.9. The molecule has 1 unspecified atom stereocenters. The molecular weight excluding hydrogens is 352 g/mol. The lowest BCUT2D eigenvalue weighted by atomic mass is 10.1. The highest BCUT2D eigenvalue weighted by Crippen LogP contribution is 2.21. The summed E-state index contributed by atoms with van der Waals surface area (Å²) >= 11 is 0. The predicted octanol–water partition coefficient (Wildman–Crippen LogP) is 2.87. The second kappa shape index (κ2) is 9.25. The first-order valence-corrected chi connectivity index (χ1v) is 9.82. The number of hydrazine groups is 1. The number of nitrogens with one attached hydrogen (secondary N) is 1. The lowest BCUT2D eigenvalue weighted by molar-refractivity contribution is -0.123. The Morgan fingerprint density at radius 2 is 1.58 bits per heavy atom. The number of aryl methyl sites for hydroxylation is 1. The fourth-order valence-electron chi connectivity index (χ4n) is 2.65. The molecular formula is C19H26N2O4S. The van der Waals surface area contributed by atoms with Gasteiger partial charge in [-0.2, -0.15) is 0 Å². The molecule has 0 heterocycles. The van der Waals surface area contributed by atoms with Gasteiger partial charge in [-0.15, -0.1) is 4.83 Å². The van der Waals surface area contributed by atoms with Gasteiger partial charge in [0.25, 0.3) is 10.0 Å². The van der Waals surface area contributed by atoms with Crippen molar-refractivity contribution in [3.05, 3.63) is 65.7 Å². The van der Waals surface area contributed by atoms with Crippen LogP contribution in [0.25, 0.3) is 0 Å². The maximum Gasteiger partial charge on any atom is 0.253 e. The van der Waals surface area contributed by atoms with Crippen LogP contribution >= 0.6 is 0 Å². The van der Waals surface area contributed by atoms with Gasteiger partial charge in [-0.25, -0.2) is 13.4 Å². The Hall–Kier alpha value is -1.77. The Morgan fingerprint density at radius 3 is 2.15 bits per heavy atom. The van der Waals surface area contributed by atoms with E-state index in [1.54, 1.807) is 30.1 Å². The van der Waals surface area contributed by atoms with Gasteiger partial charge < -0.3 is 9.47 Å².